The van der Waals surface area contributed by atoms with Crippen LogP contribution in [0.25, 0.3) is 5.65 Å². The highest BCUT2D eigenvalue weighted by Gasteiger charge is 2.30. The van der Waals surface area contributed by atoms with Crippen LogP contribution in [0.15, 0.2) is 12.1 Å². The highest BCUT2D eigenvalue weighted by molar-refractivity contribution is 5.47. The fourth-order valence-corrected chi connectivity index (χ4v) is 2.72. The number of nitrogens with zero attached hydrogens (tertiary/aromatic N) is 5. The quantitative estimate of drug-likeness (QED) is 0.801. The molecule has 1 aliphatic heterocycles. The summed E-state index contributed by atoms with van der Waals surface area (Å²) in [4.78, 5) is 2.35. The third-order valence-electron chi connectivity index (χ3n) is 3.92. The number of aromatic nitrogens is 4. The van der Waals surface area contributed by atoms with Crippen molar-refractivity contribution in [2.75, 3.05) is 18.0 Å². The molecule has 3 heterocycles. The topological polar surface area (TPSA) is 46.3 Å². The molecule has 0 bridgehead atoms. The normalized spacial score (nSPS) is 18.9. The molecule has 0 atom stereocenters. The van der Waals surface area contributed by atoms with Gasteiger partial charge in [-0.2, -0.15) is 4.52 Å². The van der Waals surface area contributed by atoms with E-state index in [0.29, 0.717) is 5.41 Å². The van der Waals surface area contributed by atoms with E-state index in [1.54, 1.807) is 0 Å². The molecule has 3 rings (SSSR count). The zero-order chi connectivity index (χ0) is 14.5. The second-order valence-corrected chi connectivity index (χ2v) is 7.57. The van der Waals surface area contributed by atoms with Gasteiger partial charge in [0.15, 0.2) is 11.5 Å². The first-order valence-corrected chi connectivity index (χ1v) is 7.24. The minimum atomic E-state index is -0.0602. The molecular formula is C15H23N5. The Bertz CT molecular complexity index is 635. The zero-order valence-electron chi connectivity index (χ0n) is 13.0. The van der Waals surface area contributed by atoms with E-state index in [0.717, 1.165) is 30.4 Å². The monoisotopic (exact) mass is 273 g/mol. The molecule has 20 heavy (non-hydrogen) atoms. The van der Waals surface area contributed by atoms with Crippen molar-refractivity contribution in [1.29, 1.82) is 0 Å². The fourth-order valence-electron chi connectivity index (χ4n) is 2.72. The van der Waals surface area contributed by atoms with Crippen molar-refractivity contribution in [3.63, 3.8) is 0 Å². The van der Waals surface area contributed by atoms with Gasteiger partial charge in [-0.05, 0) is 24.0 Å². The predicted octanol–water partition coefficient (Wildman–Crippen LogP) is 2.66. The second kappa shape index (κ2) is 4.17. The maximum absolute atomic E-state index is 4.77. The average Bonchev–Trinajstić information content (AvgIpc) is 2.90. The van der Waals surface area contributed by atoms with Crippen LogP contribution in [0.3, 0.4) is 0 Å². The lowest BCUT2D eigenvalue weighted by molar-refractivity contribution is 0.418. The Hall–Kier alpha value is -1.65. The SMILES string of the molecule is CC1(C)CCN(c2ccc3nnc(C(C)(C)C)n3n2)C1. The van der Waals surface area contributed by atoms with Crippen LogP contribution in [-0.2, 0) is 5.41 Å². The first-order chi connectivity index (χ1) is 9.26. The third kappa shape index (κ3) is 2.25. The Kier molecular flexibility index (Phi) is 2.78. The summed E-state index contributed by atoms with van der Waals surface area (Å²) >= 11 is 0. The maximum atomic E-state index is 4.77. The van der Waals surface area contributed by atoms with Gasteiger partial charge in [-0.1, -0.05) is 34.6 Å². The van der Waals surface area contributed by atoms with Gasteiger partial charge >= 0.3 is 0 Å². The van der Waals surface area contributed by atoms with E-state index in [2.05, 4.69) is 55.8 Å². The van der Waals surface area contributed by atoms with Crippen LogP contribution in [0.5, 0.6) is 0 Å². The van der Waals surface area contributed by atoms with Crippen LogP contribution in [0, 0.1) is 5.41 Å². The van der Waals surface area contributed by atoms with Crippen LogP contribution >= 0.6 is 0 Å². The van der Waals surface area contributed by atoms with Gasteiger partial charge in [0.25, 0.3) is 0 Å². The summed E-state index contributed by atoms with van der Waals surface area (Å²) in [6.07, 6.45) is 1.21. The van der Waals surface area contributed by atoms with Crippen molar-refractivity contribution < 1.29 is 0 Å². The molecule has 0 radical (unpaired) electrons. The van der Waals surface area contributed by atoms with Crippen molar-refractivity contribution in [2.45, 2.75) is 46.5 Å². The molecule has 0 spiro atoms. The van der Waals surface area contributed by atoms with Crippen molar-refractivity contribution in [2.24, 2.45) is 5.41 Å². The van der Waals surface area contributed by atoms with E-state index >= 15 is 0 Å². The molecular weight excluding hydrogens is 250 g/mol. The first kappa shape index (κ1) is 13.3. The molecule has 0 aromatic carbocycles. The number of rotatable bonds is 1. The third-order valence-corrected chi connectivity index (χ3v) is 3.92. The number of fused-ring (bicyclic) bond motifs is 1. The van der Waals surface area contributed by atoms with Gasteiger partial charge in [-0.15, -0.1) is 15.3 Å². The van der Waals surface area contributed by atoms with Crippen LogP contribution in [0.1, 0.15) is 46.9 Å². The van der Waals surface area contributed by atoms with Crippen LogP contribution in [-0.4, -0.2) is 32.9 Å². The lowest BCUT2D eigenvalue weighted by Crippen LogP contribution is -2.25. The first-order valence-electron chi connectivity index (χ1n) is 7.24. The van der Waals surface area contributed by atoms with Crippen LogP contribution < -0.4 is 4.90 Å². The maximum Gasteiger partial charge on any atom is 0.178 e. The van der Waals surface area contributed by atoms with Crippen molar-refractivity contribution in [1.82, 2.24) is 19.8 Å². The molecule has 108 valence electrons. The Morgan fingerprint density at radius 2 is 1.90 bits per heavy atom. The average molecular weight is 273 g/mol. The summed E-state index contributed by atoms with van der Waals surface area (Å²) in [5, 5.41) is 13.3. The molecule has 1 saturated heterocycles. The second-order valence-electron chi connectivity index (χ2n) is 7.57. The van der Waals surface area contributed by atoms with E-state index in [-0.39, 0.29) is 5.41 Å². The van der Waals surface area contributed by atoms with E-state index in [1.165, 1.54) is 6.42 Å². The molecule has 1 fully saturated rings. The van der Waals surface area contributed by atoms with E-state index < -0.39 is 0 Å². The van der Waals surface area contributed by atoms with Crippen molar-refractivity contribution in [3.8, 4) is 0 Å². The standard InChI is InChI=1S/C15H23N5/c1-14(2,3)13-17-16-11-6-7-12(18-20(11)13)19-9-8-15(4,5)10-19/h6-7H,8-10H2,1-5H3. The van der Waals surface area contributed by atoms with Gasteiger partial charge in [0.05, 0.1) is 0 Å². The van der Waals surface area contributed by atoms with Crippen LogP contribution in [0.2, 0.25) is 0 Å². The number of hydrogen-bond donors (Lipinski definition) is 0. The summed E-state index contributed by atoms with van der Waals surface area (Å²) < 4.78 is 1.89. The Balaban J connectivity index is 2.02. The van der Waals surface area contributed by atoms with E-state index in [9.17, 15) is 0 Å². The van der Waals surface area contributed by atoms with Gasteiger partial charge in [0.2, 0.25) is 0 Å². The molecule has 2 aromatic rings. The Labute approximate surface area is 120 Å². The molecule has 5 nitrogen and oxygen atoms in total. The Morgan fingerprint density at radius 1 is 1.15 bits per heavy atom. The fraction of sp³-hybridized carbons (Fsp3) is 0.667. The van der Waals surface area contributed by atoms with Crippen molar-refractivity contribution in [3.05, 3.63) is 18.0 Å². The van der Waals surface area contributed by atoms with Gasteiger partial charge in [-0.3, -0.25) is 0 Å². The molecule has 0 unspecified atom stereocenters. The predicted molar refractivity (Wildman–Crippen MR) is 80.1 cm³/mol. The molecule has 1 aliphatic rings. The molecule has 0 N–H and O–H groups in total. The molecule has 0 saturated carbocycles. The minimum absolute atomic E-state index is 0.0602. The molecule has 5 heteroatoms. The molecule has 0 amide bonds. The number of anilines is 1. The molecule has 2 aromatic heterocycles. The minimum Gasteiger partial charge on any atom is -0.355 e. The highest BCUT2D eigenvalue weighted by atomic mass is 15.4. The lowest BCUT2D eigenvalue weighted by Gasteiger charge is -2.21. The largest absolute Gasteiger partial charge is 0.355 e. The highest BCUT2D eigenvalue weighted by Crippen LogP contribution is 2.31. The summed E-state index contributed by atoms with van der Waals surface area (Å²) in [5.41, 5.74) is 1.13. The van der Waals surface area contributed by atoms with Crippen LogP contribution in [0.4, 0.5) is 5.82 Å². The van der Waals surface area contributed by atoms with Gasteiger partial charge in [0, 0.05) is 18.5 Å². The van der Waals surface area contributed by atoms with Crippen molar-refractivity contribution >= 4 is 11.5 Å². The summed E-state index contributed by atoms with van der Waals surface area (Å²) in [6.45, 7) is 13.1. The van der Waals surface area contributed by atoms with E-state index in [1.807, 2.05) is 10.6 Å². The zero-order valence-corrected chi connectivity index (χ0v) is 13.0. The smallest absolute Gasteiger partial charge is 0.178 e. The Morgan fingerprint density at radius 3 is 2.50 bits per heavy atom. The van der Waals surface area contributed by atoms with E-state index in [4.69, 9.17) is 5.10 Å². The lowest BCUT2D eigenvalue weighted by atomic mass is 9.93. The van der Waals surface area contributed by atoms with Gasteiger partial charge < -0.3 is 4.90 Å². The number of hydrogen-bond acceptors (Lipinski definition) is 4. The summed E-state index contributed by atoms with van der Waals surface area (Å²) in [5.74, 6) is 1.93. The summed E-state index contributed by atoms with van der Waals surface area (Å²) in [7, 11) is 0. The molecule has 0 aliphatic carbocycles. The van der Waals surface area contributed by atoms with Gasteiger partial charge in [-0.25, -0.2) is 0 Å². The summed E-state index contributed by atoms with van der Waals surface area (Å²) in [6, 6.07) is 4.06. The van der Waals surface area contributed by atoms with Gasteiger partial charge in [0.1, 0.15) is 5.82 Å².